The van der Waals surface area contributed by atoms with E-state index in [9.17, 15) is 0 Å². The number of nitrogens with one attached hydrogen (secondary N) is 1. The fraction of sp³-hybridized carbons (Fsp3) is 0.722. The molecule has 0 radical (unpaired) electrons. The molecule has 9 nitrogen and oxygen atoms in total. The van der Waals surface area contributed by atoms with E-state index in [1.807, 2.05) is 17.9 Å². The summed E-state index contributed by atoms with van der Waals surface area (Å²) in [5.41, 5.74) is 0.884. The Labute approximate surface area is 160 Å². The fourth-order valence-electron chi connectivity index (χ4n) is 3.67. The summed E-state index contributed by atoms with van der Waals surface area (Å²) < 4.78 is 7.23. The molecule has 2 aliphatic rings. The highest BCUT2D eigenvalue weighted by Crippen LogP contribution is 2.25. The smallest absolute Gasteiger partial charge is 0.226 e. The van der Waals surface area contributed by atoms with Crippen molar-refractivity contribution in [3.8, 4) is 0 Å². The maximum atomic E-state index is 5.40. The van der Waals surface area contributed by atoms with E-state index in [1.54, 1.807) is 0 Å². The minimum atomic E-state index is 0.696. The summed E-state index contributed by atoms with van der Waals surface area (Å²) in [5, 5.41) is 8.85. The number of piperazine rings is 1. The van der Waals surface area contributed by atoms with Crippen molar-refractivity contribution in [3.05, 3.63) is 6.20 Å². The van der Waals surface area contributed by atoms with Crippen LogP contribution in [0.25, 0.3) is 11.0 Å². The second-order valence-electron chi connectivity index (χ2n) is 7.40. The molecule has 9 heteroatoms. The minimum absolute atomic E-state index is 0.696. The highest BCUT2D eigenvalue weighted by molar-refractivity contribution is 5.88. The van der Waals surface area contributed by atoms with Gasteiger partial charge in [-0.05, 0) is 20.0 Å². The van der Waals surface area contributed by atoms with E-state index < -0.39 is 0 Å². The summed E-state index contributed by atoms with van der Waals surface area (Å²) in [5.74, 6) is 1.69. The van der Waals surface area contributed by atoms with Crippen LogP contribution >= 0.6 is 0 Å². The minimum Gasteiger partial charge on any atom is -0.379 e. The number of anilines is 2. The Hall–Kier alpha value is -1.97. The Kier molecular flexibility index (Phi) is 5.70. The number of aromatic nitrogens is 4. The molecule has 27 heavy (non-hydrogen) atoms. The standard InChI is InChI=1S/C18H30N8O/c1-23-6-8-26(9-7-23)17-15-14-20-24(2)16(15)21-18(22-17)19-4-3-5-25-10-12-27-13-11-25/h14H,3-13H2,1-2H3,(H,19,21,22). The maximum absolute atomic E-state index is 5.40. The molecule has 0 amide bonds. The number of rotatable bonds is 6. The number of fused-ring (bicyclic) bond motifs is 1. The molecule has 2 saturated heterocycles. The fourth-order valence-corrected chi connectivity index (χ4v) is 3.67. The molecule has 2 aliphatic heterocycles. The van der Waals surface area contributed by atoms with E-state index in [1.165, 1.54) is 0 Å². The number of ether oxygens (including phenoxy) is 1. The zero-order valence-corrected chi connectivity index (χ0v) is 16.4. The van der Waals surface area contributed by atoms with E-state index in [-0.39, 0.29) is 0 Å². The molecule has 0 atom stereocenters. The number of hydrogen-bond acceptors (Lipinski definition) is 8. The van der Waals surface area contributed by atoms with Crippen molar-refractivity contribution in [2.24, 2.45) is 7.05 Å². The molecule has 0 aromatic carbocycles. The van der Waals surface area contributed by atoms with Crippen LogP contribution in [0.2, 0.25) is 0 Å². The van der Waals surface area contributed by atoms with Crippen molar-refractivity contribution in [2.75, 3.05) is 82.8 Å². The van der Waals surface area contributed by atoms with E-state index >= 15 is 0 Å². The van der Waals surface area contributed by atoms with Crippen molar-refractivity contribution in [3.63, 3.8) is 0 Å². The molecular weight excluding hydrogens is 344 g/mol. The van der Waals surface area contributed by atoms with Gasteiger partial charge in [-0.1, -0.05) is 0 Å². The van der Waals surface area contributed by atoms with Gasteiger partial charge in [-0.15, -0.1) is 0 Å². The van der Waals surface area contributed by atoms with Gasteiger partial charge in [0.1, 0.15) is 5.82 Å². The van der Waals surface area contributed by atoms with Crippen LogP contribution in [0.5, 0.6) is 0 Å². The van der Waals surface area contributed by atoms with Crippen molar-refractivity contribution in [1.29, 1.82) is 0 Å². The van der Waals surface area contributed by atoms with Gasteiger partial charge in [-0.2, -0.15) is 15.1 Å². The van der Waals surface area contributed by atoms with Crippen molar-refractivity contribution in [2.45, 2.75) is 6.42 Å². The molecule has 0 saturated carbocycles. The lowest BCUT2D eigenvalue weighted by Crippen LogP contribution is -2.45. The molecule has 2 aromatic heterocycles. The number of hydrogen-bond donors (Lipinski definition) is 1. The highest BCUT2D eigenvalue weighted by Gasteiger charge is 2.20. The third kappa shape index (κ3) is 4.31. The molecule has 0 unspecified atom stereocenters. The zero-order chi connectivity index (χ0) is 18.6. The predicted molar refractivity (Wildman–Crippen MR) is 106 cm³/mol. The third-order valence-corrected chi connectivity index (χ3v) is 5.41. The van der Waals surface area contributed by atoms with Crippen LogP contribution in [0.1, 0.15) is 6.42 Å². The van der Waals surface area contributed by atoms with Crippen LogP contribution in [-0.2, 0) is 11.8 Å². The molecule has 2 fully saturated rings. The van der Waals surface area contributed by atoms with Crippen LogP contribution < -0.4 is 10.2 Å². The monoisotopic (exact) mass is 374 g/mol. The largest absolute Gasteiger partial charge is 0.379 e. The molecule has 4 rings (SSSR count). The third-order valence-electron chi connectivity index (χ3n) is 5.41. The molecular formula is C18H30N8O. The van der Waals surface area contributed by atoms with E-state index in [0.717, 1.165) is 88.8 Å². The van der Waals surface area contributed by atoms with Crippen molar-refractivity contribution >= 4 is 22.8 Å². The number of morpholine rings is 1. The summed E-state index contributed by atoms with van der Waals surface area (Å²) in [6.07, 6.45) is 2.95. The Morgan fingerprint density at radius 1 is 1.04 bits per heavy atom. The Morgan fingerprint density at radius 2 is 1.81 bits per heavy atom. The first-order chi connectivity index (χ1) is 13.2. The first-order valence-corrected chi connectivity index (χ1v) is 9.88. The van der Waals surface area contributed by atoms with Crippen LogP contribution in [0, 0.1) is 0 Å². The average Bonchev–Trinajstić information content (AvgIpc) is 3.07. The van der Waals surface area contributed by atoms with Gasteiger partial charge in [0.2, 0.25) is 5.95 Å². The van der Waals surface area contributed by atoms with E-state index in [2.05, 4.69) is 32.2 Å². The van der Waals surface area contributed by atoms with Crippen LogP contribution in [0.3, 0.4) is 0 Å². The molecule has 4 heterocycles. The number of aryl methyl sites for hydroxylation is 1. The first kappa shape index (κ1) is 18.4. The number of nitrogens with zero attached hydrogens (tertiary/aromatic N) is 7. The van der Waals surface area contributed by atoms with E-state index in [4.69, 9.17) is 14.7 Å². The van der Waals surface area contributed by atoms with E-state index in [0.29, 0.717) is 5.95 Å². The first-order valence-electron chi connectivity index (χ1n) is 9.88. The lowest BCUT2D eigenvalue weighted by Gasteiger charge is -2.33. The molecule has 0 aliphatic carbocycles. The van der Waals surface area contributed by atoms with Gasteiger partial charge in [0, 0.05) is 52.9 Å². The molecule has 0 bridgehead atoms. The molecule has 0 spiro atoms. The second kappa shape index (κ2) is 8.37. The van der Waals surface area contributed by atoms with Crippen molar-refractivity contribution in [1.82, 2.24) is 29.5 Å². The topological polar surface area (TPSA) is 74.6 Å². The Morgan fingerprint density at radius 3 is 2.59 bits per heavy atom. The second-order valence-corrected chi connectivity index (χ2v) is 7.40. The molecule has 1 N–H and O–H groups in total. The van der Waals surface area contributed by atoms with Gasteiger partial charge in [0.15, 0.2) is 5.65 Å². The summed E-state index contributed by atoms with van der Waals surface area (Å²) in [4.78, 5) is 16.7. The Bertz CT molecular complexity index is 749. The average molecular weight is 374 g/mol. The molecule has 2 aromatic rings. The van der Waals surface area contributed by atoms with Gasteiger partial charge in [-0.3, -0.25) is 9.58 Å². The maximum Gasteiger partial charge on any atom is 0.226 e. The van der Waals surface area contributed by atoms with Crippen LogP contribution in [0.4, 0.5) is 11.8 Å². The molecule has 148 valence electrons. The van der Waals surface area contributed by atoms with Gasteiger partial charge >= 0.3 is 0 Å². The van der Waals surface area contributed by atoms with Crippen LogP contribution in [0.15, 0.2) is 6.20 Å². The normalized spacial score (nSPS) is 19.7. The quantitative estimate of drug-likeness (QED) is 0.722. The zero-order valence-electron chi connectivity index (χ0n) is 16.4. The predicted octanol–water partition coefficient (Wildman–Crippen LogP) is 0.249. The highest BCUT2D eigenvalue weighted by atomic mass is 16.5. The van der Waals surface area contributed by atoms with Crippen molar-refractivity contribution < 1.29 is 4.74 Å². The summed E-state index contributed by atoms with van der Waals surface area (Å²) in [6, 6.07) is 0. The van der Waals surface area contributed by atoms with Crippen LogP contribution in [-0.4, -0.2) is 102 Å². The lowest BCUT2D eigenvalue weighted by atomic mass is 10.3. The Balaban J connectivity index is 1.43. The SMILES string of the molecule is CN1CCN(c2nc(NCCCN3CCOCC3)nc3c2cnn3C)CC1. The van der Waals surface area contributed by atoms with Gasteiger partial charge in [0.05, 0.1) is 24.8 Å². The van der Waals surface area contributed by atoms with Gasteiger partial charge < -0.3 is 19.9 Å². The summed E-state index contributed by atoms with van der Waals surface area (Å²) in [6.45, 7) is 9.77. The van der Waals surface area contributed by atoms with Gasteiger partial charge in [0.25, 0.3) is 0 Å². The summed E-state index contributed by atoms with van der Waals surface area (Å²) >= 11 is 0. The lowest BCUT2D eigenvalue weighted by molar-refractivity contribution is 0.0378. The number of likely N-dealkylation sites (N-methyl/N-ethyl adjacent to an activating group) is 1. The summed E-state index contributed by atoms with van der Waals surface area (Å²) in [7, 11) is 4.10. The van der Waals surface area contributed by atoms with Gasteiger partial charge in [-0.25, -0.2) is 0 Å².